The lowest BCUT2D eigenvalue weighted by atomic mass is 10.0. The Morgan fingerprint density at radius 1 is 0.900 bits per heavy atom. The van der Waals surface area contributed by atoms with Gasteiger partial charge < -0.3 is 4.98 Å². The van der Waals surface area contributed by atoms with Crippen molar-refractivity contribution in [1.82, 2.24) is 9.97 Å². The first-order valence-electron chi connectivity index (χ1n) is 6.45. The number of aromatic nitrogens is 2. The molecule has 1 heterocycles. The number of nitrogens with zero attached hydrogens (tertiary/aromatic N) is 1. The van der Waals surface area contributed by atoms with Crippen LogP contribution in [0, 0.1) is 0 Å². The van der Waals surface area contributed by atoms with Crippen LogP contribution in [0.15, 0.2) is 65.1 Å². The molecule has 3 heteroatoms. The van der Waals surface area contributed by atoms with Gasteiger partial charge >= 0.3 is 0 Å². The fourth-order valence-electron chi connectivity index (χ4n) is 2.54. The highest BCUT2D eigenvalue weighted by atomic mass is 79.9. The molecule has 0 saturated carbocycles. The van der Waals surface area contributed by atoms with E-state index >= 15 is 0 Å². The Labute approximate surface area is 124 Å². The van der Waals surface area contributed by atoms with Crippen LogP contribution in [0.3, 0.4) is 0 Å². The maximum absolute atomic E-state index is 4.70. The number of fused-ring (bicyclic) bond motifs is 2. The molecule has 0 aliphatic heterocycles. The van der Waals surface area contributed by atoms with Gasteiger partial charge in [-0.1, -0.05) is 58.4 Å². The van der Waals surface area contributed by atoms with E-state index in [9.17, 15) is 0 Å². The van der Waals surface area contributed by atoms with Crippen LogP contribution in [0.5, 0.6) is 0 Å². The number of hydrogen-bond donors (Lipinski definition) is 1. The van der Waals surface area contributed by atoms with Crippen molar-refractivity contribution < 1.29 is 0 Å². The summed E-state index contributed by atoms with van der Waals surface area (Å²) in [5.41, 5.74) is 3.16. The number of imidazole rings is 1. The van der Waals surface area contributed by atoms with Crippen molar-refractivity contribution in [3.05, 3.63) is 65.1 Å². The van der Waals surface area contributed by atoms with Gasteiger partial charge in [-0.2, -0.15) is 0 Å². The van der Waals surface area contributed by atoms with E-state index in [4.69, 9.17) is 4.98 Å². The van der Waals surface area contributed by atoms with E-state index in [1.807, 2.05) is 12.1 Å². The number of benzene rings is 3. The molecule has 0 radical (unpaired) electrons. The summed E-state index contributed by atoms with van der Waals surface area (Å²) in [6, 6.07) is 20.8. The summed E-state index contributed by atoms with van der Waals surface area (Å²) in [6.45, 7) is 0. The molecule has 4 rings (SSSR count). The predicted molar refractivity (Wildman–Crippen MR) is 86.7 cm³/mol. The number of H-pyrrole nitrogens is 1. The molecule has 96 valence electrons. The average Bonchev–Trinajstić information content (AvgIpc) is 2.89. The van der Waals surface area contributed by atoms with Crippen LogP contribution in [0.25, 0.3) is 33.2 Å². The Bertz CT molecular complexity index is 919. The Morgan fingerprint density at radius 3 is 2.70 bits per heavy atom. The molecule has 3 aromatic carbocycles. The van der Waals surface area contributed by atoms with Gasteiger partial charge in [-0.25, -0.2) is 4.98 Å². The van der Waals surface area contributed by atoms with Gasteiger partial charge in [0.25, 0.3) is 0 Å². The maximum atomic E-state index is 4.70. The van der Waals surface area contributed by atoms with Crippen LogP contribution in [-0.4, -0.2) is 9.97 Å². The third-order valence-electron chi connectivity index (χ3n) is 3.49. The van der Waals surface area contributed by atoms with Gasteiger partial charge in [0.2, 0.25) is 0 Å². The van der Waals surface area contributed by atoms with Crippen molar-refractivity contribution in [2.45, 2.75) is 0 Å². The Morgan fingerprint density at radius 2 is 1.75 bits per heavy atom. The first-order valence-corrected chi connectivity index (χ1v) is 7.24. The van der Waals surface area contributed by atoms with Crippen LogP contribution in [-0.2, 0) is 0 Å². The summed E-state index contributed by atoms with van der Waals surface area (Å²) in [5, 5.41) is 2.44. The van der Waals surface area contributed by atoms with E-state index in [0.29, 0.717) is 0 Å². The molecule has 20 heavy (non-hydrogen) atoms. The summed E-state index contributed by atoms with van der Waals surface area (Å²) < 4.78 is 1.05. The minimum absolute atomic E-state index is 0.912. The van der Waals surface area contributed by atoms with Gasteiger partial charge in [-0.3, -0.25) is 0 Å². The quantitative estimate of drug-likeness (QED) is 0.516. The molecule has 1 N–H and O–H groups in total. The number of hydrogen-bond acceptors (Lipinski definition) is 1. The summed E-state index contributed by atoms with van der Waals surface area (Å²) in [5.74, 6) is 0.912. The van der Waals surface area contributed by atoms with Crippen molar-refractivity contribution in [2.24, 2.45) is 0 Å². The molecular weight excluding hydrogens is 312 g/mol. The fraction of sp³-hybridized carbons (Fsp3) is 0. The summed E-state index contributed by atoms with van der Waals surface area (Å²) in [6.07, 6.45) is 0. The molecule has 2 nitrogen and oxygen atoms in total. The standard InChI is InChI=1S/C17H11BrN2/c18-12-8-9-15-16(10-12)20-17(19-15)14-7-3-5-11-4-1-2-6-13(11)14/h1-10H,(H,19,20). The summed E-state index contributed by atoms with van der Waals surface area (Å²) >= 11 is 3.49. The van der Waals surface area contributed by atoms with Gasteiger partial charge in [0.05, 0.1) is 11.0 Å². The molecule has 1 aromatic heterocycles. The lowest BCUT2D eigenvalue weighted by molar-refractivity contribution is 1.35. The third kappa shape index (κ3) is 1.82. The van der Waals surface area contributed by atoms with Crippen LogP contribution in [0.4, 0.5) is 0 Å². The van der Waals surface area contributed by atoms with Crippen molar-refractivity contribution in [3.8, 4) is 11.4 Å². The summed E-state index contributed by atoms with van der Waals surface area (Å²) in [7, 11) is 0. The SMILES string of the molecule is Brc1ccc2nc(-c3cccc4ccccc34)[nH]c2c1. The highest BCUT2D eigenvalue weighted by Crippen LogP contribution is 2.28. The van der Waals surface area contributed by atoms with E-state index in [1.165, 1.54) is 10.8 Å². The van der Waals surface area contributed by atoms with E-state index in [1.54, 1.807) is 0 Å². The van der Waals surface area contributed by atoms with Gasteiger partial charge in [0, 0.05) is 10.0 Å². The largest absolute Gasteiger partial charge is 0.338 e. The maximum Gasteiger partial charge on any atom is 0.139 e. The van der Waals surface area contributed by atoms with Gasteiger partial charge in [-0.15, -0.1) is 0 Å². The molecule has 0 bridgehead atoms. The molecular formula is C17H11BrN2. The molecule has 0 aliphatic carbocycles. The van der Waals surface area contributed by atoms with E-state index in [0.717, 1.165) is 26.9 Å². The minimum atomic E-state index is 0.912. The second-order valence-corrected chi connectivity index (χ2v) is 5.69. The lowest BCUT2D eigenvalue weighted by Crippen LogP contribution is -1.82. The van der Waals surface area contributed by atoms with E-state index < -0.39 is 0 Å². The predicted octanol–water partition coefficient (Wildman–Crippen LogP) is 5.15. The second-order valence-electron chi connectivity index (χ2n) is 4.77. The number of halogens is 1. The average molecular weight is 323 g/mol. The van der Waals surface area contributed by atoms with Gasteiger partial charge in [0.1, 0.15) is 5.82 Å². The van der Waals surface area contributed by atoms with Gasteiger partial charge in [0.15, 0.2) is 0 Å². The molecule has 0 aliphatic rings. The second kappa shape index (κ2) is 4.46. The van der Waals surface area contributed by atoms with E-state index in [2.05, 4.69) is 69.4 Å². The highest BCUT2D eigenvalue weighted by molar-refractivity contribution is 9.10. The zero-order valence-electron chi connectivity index (χ0n) is 10.6. The van der Waals surface area contributed by atoms with Crippen LogP contribution < -0.4 is 0 Å². The molecule has 0 fully saturated rings. The molecule has 0 amide bonds. The fourth-order valence-corrected chi connectivity index (χ4v) is 2.90. The smallest absolute Gasteiger partial charge is 0.139 e. The van der Waals surface area contributed by atoms with Crippen molar-refractivity contribution in [1.29, 1.82) is 0 Å². The number of nitrogens with one attached hydrogen (secondary N) is 1. The zero-order chi connectivity index (χ0) is 13.5. The minimum Gasteiger partial charge on any atom is -0.338 e. The zero-order valence-corrected chi connectivity index (χ0v) is 12.2. The normalized spacial score (nSPS) is 11.2. The Kier molecular flexibility index (Phi) is 2.60. The van der Waals surface area contributed by atoms with Crippen molar-refractivity contribution in [3.63, 3.8) is 0 Å². The lowest BCUT2D eigenvalue weighted by Gasteiger charge is -2.03. The molecule has 0 saturated heterocycles. The van der Waals surface area contributed by atoms with Gasteiger partial charge in [-0.05, 0) is 29.0 Å². The molecule has 0 unspecified atom stereocenters. The van der Waals surface area contributed by atoms with Crippen LogP contribution in [0.2, 0.25) is 0 Å². The van der Waals surface area contributed by atoms with Crippen molar-refractivity contribution in [2.75, 3.05) is 0 Å². The number of rotatable bonds is 1. The van der Waals surface area contributed by atoms with Crippen molar-refractivity contribution >= 4 is 37.7 Å². The Hall–Kier alpha value is -2.13. The molecule has 4 aromatic rings. The Balaban J connectivity index is 2.01. The van der Waals surface area contributed by atoms with E-state index in [-0.39, 0.29) is 0 Å². The molecule has 0 spiro atoms. The number of aromatic amines is 1. The highest BCUT2D eigenvalue weighted by Gasteiger charge is 2.08. The third-order valence-corrected chi connectivity index (χ3v) is 3.98. The first-order chi connectivity index (χ1) is 9.81. The molecule has 0 atom stereocenters. The topological polar surface area (TPSA) is 28.7 Å². The summed E-state index contributed by atoms with van der Waals surface area (Å²) in [4.78, 5) is 8.10. The monoisotopic (exact) mass is 322 g/mol. The first kappa shape index (κ1) is 11.7. The van der Waals surface area contributed by atoms with Crippen LogP contribution in [0.1, 0.15) is 0 Å². The van der Waals surface area contributed by atoms with Crippen LogP contribution >= 0.6 is 15.9 Å².